The summed E-state index contributed by atoms with van der Waals surface area (Å²) in [6, 6.07) is 22.4. The summed E-state index contributed by atoms with van der Waals surface area (Å²) in [4.78, 5) is 12.9. The van der Waals surface area contributed by atoms with Crippen LogP contribution in [-0.2, 0) is 0 Å². The smallest absolute Gasteiger partial charge is 0.259 e. The molecule has 3 rings (SSSR count). The summed E-state index contributed by atoms with van der Waals surface area (Å²) in [7, 11) is 0. The minimum atomic E-state index is -0.218. The van der Waals surface area contributed by atoms with Crippen LogP contribution in [0.3, 0.4) is 0 Å². The number of para-hydroxylation sites is 1. The van der Waals surface area contributed by atoms with Crippen LogP contribution in [0.4, 0.5) is 5.69 Å². The van der Waals surface area contributed by atoms with Crippen molar-refractivity contribution in [3.05, 3.63) is 82.8 Å². The molecule has 0 heterocycles. The van der Waals surface area contributed by atoms with E-state index in [1.54, 1.807) is 6.07 Å². The molecule has 0 spiro atoms. The fourth-order valence-corrected chi connectivity index (χ4v) is 3.55. The Kier molecular flexibility index (Phi) is 10.1. The summed E-state index contributed by atoms with van der Waals surface area (Å²) < 4.78 is 18.1. The Bertz CT molecular complexity index is 993. The zero-order valence-corrected chi connectivity index (χ0v) is 20.5. The largest absolute Gasteiger partial charge is 0.493 e. The molecule has 0 aliphatic heterocycles. The number of unbranched alkanes of at least 4 members (excludes halogenated alkanes) is 3. The van der Waals surface area contributed by atoms with Crippen LogP contribution >= 0.6 is 15.9 Å². The number of carbonyl (C=O) groups is 1. The van der Waals surface area contributed by atoms with E-state index in [-0.39, 0.29) is 5.91 Å². The number of hydrogen-bond acceptors (Lipinski definition) is 4. The minimum absolute atomic E-state index is 0.218. The quantitative estimate of drug-likeness (QED) is 0.248. The molecule has 0 aliphatic rings. The molecule has 174 valence electrons. The summed E-state index contributed by atoms with van der Waals surface area (Å²) in [6.45, 7) is 3.66. The predicted octanol–water partition coefficient (Wildman–Crippen LogP) is 7.12. The van der Waals surface area contributed by atoms with Gasteiger partial charge in [0, 0.05) is 10.2 Å². The molecule has 0 bridgehead atoms. The van der Waals surface area contributed by atoms with Gasteiger partial charge in [0.15, 0.2) is 0 Å². The Hall–Kier alpha value is -2.99. The topological polar surface area (TPSA) is 56.8 Å². The first-order valence-electron chi connectivity index (χ1n) is 11.3. The monoisotopic (exact) mass is 511 g/mol. The van der Waals surface area contributed by atoms with Gasteiger partial charge in [0.25, 0.3) is 5.91 Å². The Balaban J connectivity index is 1.50. The van der Waals surface area contributed by atoms with Crippen molar-refractivity contribution in [3.8, 4) is 17.2 Å². The Morgan fingerprint density at radius 3 is 2.18 bits per heavy atom. The lowest BCUT2D eigenvalue weighted by molar-refractivity contribution is 0.102. The van der Waals surface area contributed by atoms with E-state index in [1.807, 2.05) is 66.7 Å². The highest BCUT2D eigenvalue weighted by molar-refractivity contribution is 9.10. The molecule has 1 N–H and O–H groups in total. The third-order valence-corrected chi connectivity index (χ3v) is 5.41. The molecule has 0 unspecified atom stereocenters. The molecule has 5 nitrogen and oxygen atoms in total. The van der Waals surface area contributed by atoms with E-state index in [1.165, 1.54) is 12.8 Å². The average molecular weight is 512 g/mol. The maximum Gasteiger partial charge on any atom is 0.259 e. The molecular weight excluding hydrogens is 482 g/mol. The van der Waals surface area contributed by atoms with Crippen LogP contribution in [-0.4, -0.2) is 25.7 Å². The van der Waals surface area contributed by atoms with E-state index in [2.05, 4.69) is 28.2 Å². The highest BCUT2D eigenvalue weighted by Crippen LogP contribution is 2.25. The second kappa shape index (κ2) is 13.5. The molecule has 0 aromatic heterocycles. The predicted molar refractivity (Wildman–Crippen MR) is 136 cm³/mol. The van der Waals surface area contributed by atoms with Crippen molar-refractivity contribution in [2.75, 3.05) is 25.1 Å². The van der Waals surface area contributed by atoms with Gasteiger partial charge in [-0.1, -0.05) is 60.3 Å². The van der Waals surface area contributed by atoms with Crippen LogP contribution in [0.1, 0.15) is 43.0 Å². The number of benzene rings is 3. The summed E-state index contributed by atoms with van der Waals surface area (Å²) in [5.41, 5.74) is 1.18. The van der Waals surface area contributed by atoms with Crippen LogP contribution < -0.4 is 19.5 Å². The SMILES string of the molecule is CCCCCCOc1ccc(Br)cc1C(=O)Nc1ccc(OCCOc2ccccc2)cc1. The number of ether oxygens (including phenoxy) is 3. The Morgan fingerprint density at radius 2 is 1.48 bits per heavy atom. The highest BCUT2D eigenvalue weighted by atomic mass is 79.9. The molecule has 0 aliphatic carbocycles. The maximum atomic E-state index is 12.9. The molecule has 1 amide bonds. The number of rotatable bonds is 13. The number of carbonyl (C=O) groups excluding carboxylic acids is 1. The lowest BCUT2D eigenvalue weighted by atomic mass is 10.1. The third-order valence-electron chi connectivity index (χ3n) is 4.92. The van der Waals surface area contributed by atoms with Crippen molar-refractivity contribution in [2.45, 2.75) is 32.6 Å². The Labute approximate surface area is 204 Å². The van der Waals surface area contributed by atoms with Gasteiger partial charge in [0.2, 0.25) is 0 Å². The highest BCUT2D eigenvalue weighted by Gasteiger charge is 2.14. The van der Waals surface area contributed by atoms with Crippen LogP contribution in [0.25, 0.3) is 0 Å². The third kappa shape index (κ3) is 8.46. The second-order valence-electron chi connectivity index (χ2n) is 7.54. The minimum Gasteiger partial charge on any atom is -0.493 e. The van der Waals surface area contributed by atoms with Gasteiger partial charge in [0.1, 0.15) is 30.5 Å². The van der Waals surface area contributed by atoms with E-state index in [0.29, 0.717) is 42.6 Å². The van der Waals surface area contributed by atoms with Gasteiger partial charge in [-0.2, -0.15) is 0 Å². The summed E-state index contributed by atoms with van der Waals surface area (Å²) in [5, 5.41) is 2.93. The standard InChI is InChI=1S/C27H30BrNO4/c1-2-3-4-8-17-33-26-16-11-21(28)20-25(26)27(30)29-22-12-14-24(15-13-22)32-19-18-31-23-9-6-5-7-10-23/h5-7,9-16,20H,2-4,8,17-19H2,1H3,(H,29,30). The lowest BCUT2D eigenvalue weighted by Crippen LogP contribution is -2.14. The van der Waals surface area contributed by atoms with Gasteiger partial charge < -0.3 is 19.5 Å². The van der Waals surface area contributed by atoms with Crippen molar-refractivity contribution in [1.29, 1.82) is 0 Å². The fraction of sp³-hybridized carbons (Fsp3) is 0.296. The molecule has 3 aromatic rings. The number of amides is 1. The number of hydrogen-bond donors (Lipinski definition) is 1. The van der Waals surface area contributed by atoms with E-state index < -0.39 is 0 Å². The van der Waals surface area contributed by atoms with E-state index in [9.17, 15) is 4.79 Å². The summed E-state index contributed by atoms with van der Waals surface area (Å²) in [5.74, 6) is 1.90. The molecule has 0 saturated heterocycles. The van der Waals surface area contributed by atoms with Gasteiger partial charge in [-0.05, 0) is 61.0 Å². The molecule has 33 heavy (non-hydrogen) atoms. The molecular formula is C27H30BrNO4. The van der Waals surface area contributed by atoms with Crippen molar-refractivity contribution in [2.24, 2.45) is 0 Å². The normalized spacial score (nSPS) is 10.5. The average Bonchev–Trinajstić information content (AvgIpc) is 2.84. The Morgan fingerprint density at radius 1 is 0.788 bits per heavy atom. The van der Waals surface area contributed by atoms with Crippen molar-refractivity contribution < 1.29 is 19.0 Å². The lowest BCUT2D eigenvalue weighted by Gasteiger charge is -2.13. The molecule has 6 heteroatoms. The first-order chi connectivity index (χ1) is 16.2. The van der Waals surface area contributed by atoms with Gasteiger partial charge in [-0.25, -0.2) is 0 Å². The molecule has 3 aromatic carbocycles. The molecule has 0 fully saturated rings. The van der Waals surface area contributed by atoms with E-state index in [0.717, 1.165) is 23.1 Å². The first-order valence-corrected chi connectivity index (χ1v) is 12.1. The zero-order valence-electron chi connectivity index (χ0n) is 18.9. The molecule has 0 atom stereocenters. The maximum absolute atomic E-state index is 12.9. The van der Waals surface area contributed by atoms with Crippen LogP contribution in [0.5, 0.6) is 17.2 Å². The molecule has 0 radical (unpaired) electrons. The van der Waals surface area contributed by atoms with E-state index in [4.69, 9.17) is 14.2 Å². The van der Waals surface area contributed by atoms with Crippen LogP contribution in [0.15, 0.2) is 77.3 Å². The van der Waals surface area contributed by atoms with Crippen molar-refractivity contribution in [1.82, 2.24) is 0 Å². The van der Waals surface area contributed by atoms with Gasteiger partial charge >= 0.3 is 0 Å². The van der Waals surface area contributed by atoms with Crippen molar-refractivity contribution in [3.63, 3.8) is 0 Å². The van der Waals surface area contributed by atoms with Crippen molar-refractivity contribution >= 4 is 27.5 Å². The van der Waals surface area contributed by atoms with Gasteiger partial charge in [0.05, 0.1) is 12.2 Å². The summed E-state index contributed by atoms with van der Waals surface area (Å²) >= 11 is 3.44. The van der Waals surface area contributed by atoms with Gasteiger partial charge in [-0.15, -0.1) is 0 Å². The van der Waals surface area contributed by atoms with E-state index >= 15 is 0 Å². The van der Waals surface area contributed by atoms with Gasteiger partial charge in [-0.3, -0.25) is 4.79 Å². The molecule has 0 saturated carbocycles. The van der Waals surface area contributed by atoms with Crippen LogP contribution in [0, 0.1) is 0 Å². The fourth-order valence-electron chi connectivity index (χ4n) is 3.19. The summed E-state index contributed by atoms with van der Waals surface area (Å²) in [6.07, 6.45) is 4.47. The number of nitrogens with one attached hydrogen (secondary N) is 1. The number of anilines is 1. The second-order valence-corrected chi connectivity index (χ2v) is 8.45. The zero-order chi connectivity index (χ0) is 23.3. The first kappa shape index (κ1) is 24.6. The van der Waals surface area contributed by atoms with Crippen LogP contribution in [0.2, 0.25) is 0 Å². The number of halogens is 1.